The smallest absolute Gasteiger partial charge is 0.231 e. The number of rotatable bonds is 17. The van der Waals surface area contributed by atoms with Crippen molar-refractivity contribution in [3.63, 3.8) is 0 Å². The molecule has 256 valence electrons. The second-order valence-electron chi connectivity index (χ2n) is 14.4. The quantitative estimate of drug-likeness (QED) is 0.0894. The molecular formula is C37H47ClN4O5Si. The maximum atomic E-state index is 12.4. The Hall–Kier alpha value is -3.28. The van der Waals surface area contributed by atoms with Gasteiger partial charge in [-0.05, 0) is 104 Å². The number of nitrogens with zero attached hydrogens (tertiary/aromatic N) is 4. The summed E-state index contributed by atoms with van der Waals surface area (Å²) in [6, 6.07) is 16.4. The van der Waals surface area contributed by atoms with E-state index in [1.807, 2.05) is 47.0 Å². The summed E-state index contributed by atoms with van der Waals surface area (Å²) in [7, 11) is -1.26. The van der Waals surface area contributed by atoms with E-state index in [1.165, 1.54) is 19.2 Å². The van der Waals surface area contributed by atoms with Crippen LogP contribution in [-0.4, -0.2) is 77.4 Å². The van der Waals surface area contributed by atoms with Crippen LogP contribution in [0.25, 0.3) is 22.3 Å². The SMILES string of the molecule is C[Si](C)(C)CCOCn1c(-c2ccc(OC[C@@H](O)CN3CCCC3)cc2)cc2c(Oc3ccc(CC(=O)CC4CC4)c(Cl)c3)ncnc21. The Kier molecular flexibility index (Phi) is 11.2. The minimum absolute atomic E-state index is 0.223. The van der Waals surface area contributed by atoms with Crippen LogP contribution in [0.3, 0.4) is 0 Å². The van der Waals surface area contributed by atoms with Gasteiger partial charge in [0, 0.05) is 39.1 Å². The summed E-state index contributed by atoms with van der Waals surface area (Å²) >= 11 is 6.60. The zero-order chi connectivity index (χ0) is 33.7. The Labute approximate surface area is 289 Å². The fraction of sp³-hybridized carbons (Fsp3) is 0.486. The van der Waals surface area contributed by atoms with E-state index in [0.29, 0.717) is 66.7 Å². The topological polar surface area (TPSA) is 98.9 Å². The van der Waals surface area contributed by atoms with Gasteiger partial charge in [0.2, 0.25) is 5.88 Å². The number of hydrogen-bond donors (Lipinski definition) is 1. The molecule has 2 aromatic carbocycles. The first-order valence-electron chi connectivity index (χ1n) is 17.1. The molecule has 2 aromatic heterocycles. The highest BCUT2D eigenvalue weighted by Crippen LogP contribution is 2.36. The predicted octanol–water partition coefficient (Wildman–Crippen LogP) is 7.60. The summed E-state index contributed by atoms with van der Waals surface area (Å²) < 4.78 is 20.5. The van der Waals surface area contributed by atoms with Gasteiger partial charge in [0.25, 0.3) is 0 Å². The Morgan fingerprint density at radius 1 is 1.04 bits per heavy atom. The largest absolute Gasteiger partial charge is 0.491 e. The van der Waals surface area contributed by atoms with E-state index in [4.69, 9.17) is 25.8 Å². The monoisotopic (exact) mass is 690 g/mol. The van der Waals surface area contributed by atoms with Crippen molar-refractivity contribution in [3.05, 3.63) is 65.4 Å². The first-order chi connectivity index (χ1) is 23.1. The van der Waals surface area contributed by atoms with Gasteiger partial charge in [-0.3, -0.25) is 4.79 Å². The van der Waals surface area contributed by atoms with E-state index in [9.17, 15) is 9.90 Å². The van der Waals surface area contributed by atoms with E-state index in [1.54, 1.807) is 6.07 Å². The molecule has 1 aliphatic carbocycles. The van der Waals surface area contributed by atoms with Gasteiger partial charge >= 0.3 is 0 Å². The van der Waals surface area contributed by atoms with Crippen molar-refractivity contribution in [3.8, 4) is 28.6 Å². The van der Waals surface area contributed by atoms with Gasteiger partial charge in [-0.2, -0.15) is 0 Å². The second-order valence-corrected chi connectivity index (χ2v) is 20.5. The molecule has 1 N–H and O–H groups in total. The van der Waals surface area contributed by atoms with Crippen molar-refractivity contribution in [1.82, 2.24) is 19.4 Å². The van der Waals surface area contributed by atoms with Crippen molar-refractivity contribution >= 4 is 36.5 Å². The molecule has 2 fully saturated rings. The number of carbonyl (C=O) groups is 1. The number of fused-ring (bicyclic) bond motifs is 1. The number of benzene rings is 2. The van der Waals surface area contributed by atoms with Gasteiger partial charge < -0.3 is 28.8 Å². The first kappa shape index (κ1) is 34.6. The molecule has 0 amide bonds. The molecule has 0 bridgehead atoms. The van der Waals surface area contributed by atoms with Crippen LogP contribution >= 0.6 is 11.6 Å². The molecule has 3 heterocycles. The molecule has 1 atom stereocenters. The van der Waals surface area contributed by atoms with Gasteiger partial charge in [0.1, 0.15) is 48.7 Å². The third kappa shape index (κ3) is 9.45. The Bertz CT molecular complexity index is 1700. The number of halogens is 1. The summed E-state index contributed by atoms with van der Waals surface area (Å²) in [4.78, 5) is 23.8. The van der Waals surface area contributed by atoms with E-state index in [-0.39, 0.29) is 12.4 Å². The number of aliphatic hydroxyl groups excluding tert-OH is 1. The van der Waals surface area contributed by atoms with Crippen molar-refractivity contribution < 1.29 is 24.1 Å². The summed E-state index contributed by atoms with van der Waals surface area (Å²) in [6.45, 7) is 11.0. The summed E-state index contributed by atoms with van der Waals surface area (Å²) in [5, 5.41) is 11.7. The number of aromatic nitrogens is 3. The molecule has 6 rings (SSSR count). The van der Waals surface area contributed by atoms with Crippen molar-refractivity contribution in [2.75, 3.05) is 32.8 Å². The van der Waals surface area contributed by atoms with Crippen LogP contribution in [0.4, 0.5) is 0 Å². The van der Waals surface area contributed by atoms with Crippen LogP contribution in [0.5, 0.6) is 17.4 Å². The number of hydrogen-bond acceptors (Lipinski definition) is 8. The molecule has 11 heteroatoms. The maximum Gasteiger partial charge on any atom is 0.231 e. The fourth-order valence-electron chi connectivity index (χ4n) is 6.03. The average molecular weight is 691 g/mol. The molecule has 1 aliphatic heterocycles. The number of Topliss-reactive ketones (excluding diaryl/α,β-unsaturated/α-hetero) is 1. The number of carbonyl (C=O) groups excluding carboxylic acids is 1. The van der Waals surface area contributed by atoms with E-state index in [2.05, 4.69) is 34.5 Å². The van der Waals surface area contributed by atoms with Gasteiger partial charge in [0.15, 0.2) is 0 Å². The van der Waals surface area contributed by atoms with Crippen LogP contribution in [0.1, 0.15) is 37.7 Å². The predicted molar refractivity (Wildman–Crippen MR) is 192 cm³/mol. The third-order valence-electron chi connectivity index (χ3n) is 8.97. The van der Waals surface area contributed by atoms with Crippen LogP contribution in [0.15, 0.2) is 54.9 Å². The molecule has 4 aromatic rings. The second kappa shape index (κ2) is 15.5. The molecule has 1 saturated heterocycles. The average Bonchev–Trinajstić information content (AvgIpc) is 3.55. The molecule has 2 aliphatic rings. The van der Waals surface area contributed by atoms with Crippen LogP contribution in [-0.2, 0) is 22.7 Å². The van der Waals surface area contributed by atoms with Crippen molar-refractivity contribution in [2.24, 2.45) is 5.92 Å². The van der Waals surface area contributed by atoms with Crippen molar-refractivity contribution in [2.45, 2.75) is 77.0 Å². The molecular weight excluding hydrogens is 644 g/mol. The minimum Gasteiger partial charge on any atom is -0.491 e. The Balaban J connectivity index is 1.20. The maximum absolute atomic E-state index is 12.4. The molecule has 9 nitrogen and oxygen atoms in total. The summed E-state index contributed by atoms with van der Waals surface area (Å²) in [5.41, 5.74) is 3.37. The highest BCUT2D eigenvalue weighted by atomic mass is 35.5. The zero-order valence-electron chi connectivity index (χ0n) is 28.3. The van der Waals surface area contributed by atoms with Gasteiger partial charge in [-0.15, -0.1) is 0 Å². The van der Waals surface area contributed by atoms with Crippen LogP contribution in [0, 0.1) is 5.92 Å². The van der Waals surface area contributed by atoms with Crippen LogP contribution < -0.4 is 9.47 Å². The zero-order valence-corrected chi connectivity index (χ0v) is 30.0. The number of β-amino-alcohol motifs (C(OH)–C–C–N with tert-alkyl or cyclic N) is 1. The highest BCUT2D eigenvalue weighted by Gasteiger charge is 2.25. The molecule has 1 saturated carbocycles. The molecule has 0 unspecified atom stereocenters. The van der Waals surface area contributed by atoms with Gasteiger partial charge in [0.05, 0.1) is 11.1 Å². The normalized spacial score (nSPS) is 16.0. The number of aliphatic hydroxyl groups is 1. The number of ketones is 1. The standard InChI is InChI=1S/C37H47ClN4O5Si/c1-48(2,3)17-16-45-25-42-35(27-8-11-31(12-9-27)46-23-30(44)22-41-14-4-5-15-41)21-33-36(42)39-24-40-37(33)47-32-13-10-28(34(38)20-32)19-29(43)18-26-6-7-26/h8-13,20-21,24,26,30,44H,4-7,14-19,22-23,25H2,1-3H3/t30-/m0/s1. The minimum atomic E-state index is -1.26. The lowest BCUT2D eigenvalue weighted by Crippen LogP contribution is -2.33. The van der Waals surface area contributed by atoms with E-state index in [0.717, 1.165) is 54.2 Å². The van der Waals surface area contributed by atoms with Crippen LogP contribution in [0.2, 0.25) is 30.7 Å². The number of likely N-dealkylation sites (tertiary alicyclic amines) is 1. The lowest BCUT2D eigenvalue weighted by atomic mass is 10.0. The lowest BCUT2D eigenvalue weighted by molar-refractivity contribution is -0.118. The highest BCUT2D eigenvalue weighted by molar-refractivity contribution is 6.76. The summed E-state index contributed by atoms with van der Waals surface area (Å²) in [6.07, 6.45) is 6.62. The molecule has 0 spiro atoms. The fourth-order valence-corrected chi connectivity index (χ4v) is 7.03. The van der Waals surface area contributed by atoms with E-state index < -0.39 is 14.2 Å². The molecule has 48 heavy (non-hydrogen) atoms. The Morgan fingerprint density at radius 3 is 2.50 bits per heavy atom. The van der Waals surface area contributed by atoms with Crippen molar-refractivity contribution in [1.29, 1.82) is 0 Å². The number of ether oxygens (including phenoxy) is 3. The summed E-state index contributed by atoms with van der Waals surface area (Å²) in [5.74, 6) is 2.42. The molecule has 0 radical (unpaired) electrons. The van der Waals surface area contributed by atoms with E-state index >= 15 is 0 Å². The third-order valence-corrected chi connectivity index (χ3v) is 11.0. The van der Waals surface area contributed by atoms with Gasteiger partial charge in [-0.25, -0.2) is 9.97 Å². The Morgan fingerprint density at radius 2 is 1.79 bits per heavy atom. The van der Waals surface area contributed by atoms with Gasteiger partial charge in [-0.1, -0.05) is 37.3 Å². The first-order valence-corrected chi connectivity index (χ1v) is 21.2. The lowest BCUT2D eigenvalue weighted by Gasteiger charge is -2.19.